The molecule has 1 aromatic heterocycles. The van der Waals surface area contributed by atoms with Crippen molar-refractivity contribution in [2.24, 2.45) is 0 Å². The van der Waals surface area contributed by atoms with Gasteiger partial charge in [-0.15, -0.1) is 11.3 Å². The normalized spacial score (nSPS) is 10.6. The zero-order valence-corrected chi connectivity index (χ0v) is 12.3. The molecular weight excluding hydrogens is 278 g/mol. The number of aliphatic carboxylic acids is 1. The van der Waals surface area contributed by atoms with Gasteiger partial charge in [0.05, 0.1) is 12.1 Å². The summed E-state index contributed by atoms with van der Waals surface area (Å²) < 4.78 is 0. The molecule has 0 unspecified atom stereocenters. The largest absolute Gasteiger partial charge is 0.481 e. The summed E-state index contributed by atoms with van der Waals surface area (Å²) in [6, 6.07) is 8.18. The second kappa shape index (κ2) is 6.73. The minimum Gasteiger partial charge on any atom is -0.481 e. The molecule has 0 aliphatic carbocycles. The highest BCUT2D eigenvalue weighted by Gasteiger charge is 2.10. The number of carboxylic acid groups (broad SMARTS) is 1. The van der Waals surface area contributed by atoms with Crippen molar-refractivity contribution in [1.82, 2.24) is 4.98 Å². The molecular formula is C14H15NO2S2. The summed E-state index contributed by atoms with van der Waals surface area (Å²) in [6.45, 7) is 2.14. The predicted molar refractivity (Wildman–Crippen MR) is 80.7 cm³/mol. The van der Waals surface area contributed by atoms with E-state index in [1.165, 1.54) is 16.9 Å². The number of aromatic nitrogens is 1. The van der Waals surface area contributed by atoms with Crippen molar-refractivity contribution < 1.29 is 9.90 Å². The Morgan fingerprint density at radius 3 is 2.95 bits per heavy atom. The lowest BCUT2D eigenvalue weighted by Crippen LogP contribution is -2.00. The van der Waals surface area contributed by atoms with Crippen molar-refractivity contribution in [2.75, 3.05) is 5.75 Å². The lowest BCUT2D eigenvalue weighted by Gasteiger charge is -2.05. The highest BCUT2D eigenvalue weighted by Crippen LogP contribution is 2.29. The summed E-state index contributed by atoms with van der Waals surface area (Å²) in [5.74, 6) is 1.20. The van der Waals surface area contributed by atoms with Gasteiger partial charge < -0.3 is 5.11 Å². The van der Waals surface area contributed by atoms with Gasteiger partial charge >= 0.3 is 5.97 Å². The molecule has 1 N–H and O–H groups in total. The van der Waals surface area contributed by atoms with Gasteiger partial charge in [-0.05, 0) is 11.3 Å². The second-order valence-electron chi connectivity index (χ2n) is 4.01. The Hall–Kier alpha value is -1.33. The number of hydrogen-bond acceptors (Lipinski definition) is 4. The SMILES string of the molecule is CCSCc1ccccc1-c1nc(CC(=O)O)cs1. The van der Waals surface area contributed by atoms with Crippen LogP contribution < -0.4 is 0 Å². The minimum atomic E-state index is -0.841. The zero-order valence-electron chi connectivity index (χ0n) is 10.6. The van der Waals surface area contributed by atoms with Crippen LogP contribution in [0.15, 0.2) is 29.6 Å². The zero-order chi connectivity index (χ0) is 13.7. The maximum absolute atomic E-state index is 10.7. The van der Waals surface area contributed by atoms with Crippen LogP contribution in [0.1, 0.15) is 18.2 Å². The average molecular weight is 293 g/mol. The van der Waals surface area contributed by atoms with E-state index in [1.807, 2.05) is 29.3 Å². The summed E-state index contributed by atoms with van der Waals surface area (Å²) in [6.07, 6.45) is -0.0115. The Morgan fingerprint density at radius 2 is 2.21 bits per heavy atom. The molecule has 0 aliphatic rings. The number of thiazole rings is 1. The predicted octanol–water partition coefficient (Wildman–Crippen LogP) is 3.69. The second-order valence-corrected chi connectivity index (χ2v) is 6.14. The highest BCUT2D eigenvalue weighted by atomic mass is 32.2. The molecule has 5 heteroatoms. The quantitative estimate of drug-likeness (QED) is 0.882. The summed E-state index contributed by atoms with van der Waals surface area (Å²) in [5, 5.41) is 11.5. The van der Waals surface area contributed by atoms with Crippen molar-refractivity contribution >= 4 is 29.1 Å². The minimum absolute atomic E-state index is 0.0115. The molecule has 3 nitrogen and oxygen atoms in total. The van der Waals surface area contributed by atoms with E-state index in [0.717, 1.165) is 22.1 Å². The third kappa shape index (κ3) is 3.81. The van der Waals surface area contributed by atoms with Crippen molar-refractivity contribution in [2.45, 2.75) is 19.1 Å². The van der Waals surface area contributed by atoms with Crippen molar-refractivity contribution in [3.05, 3.63) is 40.9 Å². The molecule has 19 heavy (non-hydrogen) atoms. The first kappa shape index (κ1) is 14.1. The Balaban J connectivity index is 2.25. The van der Waals surface area contributed by atoms with Crippen molar-refractivity contribution in [3.8, 4) is 10.6 Å². The number of benzene rings is 1. The lowest BCUT2D eigenvalue weighted by atomic mass is 10.1. The van der Waals surface area contributed by atoms with Gasteiger partial charge in [0.25, 0.3) is 0 Å². The fourth-order valence-corrected chi connectivity index (χ4v) is 3.29. The fourth-order valence-electron chi connectivity index (χ4n) is 1.73. The van der Waals surface area contributed by atoms with E-state index >= 15 is 0 Å². The van der Waals surface area contributed by atoms with E-state index in [1.54, 1.807) is 0 Å². The van der Waals surface area contributed by atoms with Gasteiger partial charge in [0.1, 0.15) is 5.01 Å². The van der Waals surface area contributed by atoms with E-state index < -0.39 is 5.97 Å². The molecule has 100 valence electrons. The van der Waals surface area contributed by atoms with Gasteiger partial charge in [0.15, 0.2) is 0 Å². The first-order valence-corrected chi connectivity index (χ1v) is 8.06. The summed E-state index contributed by atoms with van der Waals surface area (Å²) >= 11 is 3.38. The van der Waals surface area contributed by atoms with E-state index in [2.05, 4.69) is 24.0 Å². The molecule has 1 heterocycles. The Bertz CT molecular complexity index is 566. The molecule has 0 amide bonds. The molecule has 1 aromatic carbocycles. The summed E-state index contributed by atoms with van der Waals surface area (Å²) in [7, 11) is 0. The number of hydrogen-bond donors (Lipinski definition) is 1. The Labute approximate surface area is 120 Å². The van der Waals surface area contributed by atoms with Crippen molar-refractivity contribution in [3.63, 3.8) is 0 Å². The fraction of sp³-hybridized carbons (Fsp3) is 0.286. The van der Waals surface area contributed by atoms with Crippen LogP contribution in [0, 0.1) is 0 Å². The molecule has 0 radical (unpaired) electrons. The van der Waals surface area contributed by atoms with Gasteiger partial charge in [-0.25, -0.2) is 4.98 Å². The van der Waals surface area contributed by atoms with Crippen LogP contribution in [0.4, 0.5) is 0 Å². The van der Waals surface area contributed by atoms with E-state index in [0.29, 0.717) is 5.69 Å². The third-order valence-corrected chi connectivity index (χ3v) is 4.44. The van der Waals surface area contributed by atoms with Crippen LogP contribution in [0.3, 0.4) is 0 Å². The van der Waals surface area contributed by atoms with Gasteiger partial charge in [-0.1, -0.05) is 31.2 Å². The third-order valence-electron chi connectivity index (χ3n) is 2.59. The monoisotopic (exact) mass is 293 g/mol. The molecule has 0 spiro atoms. The standard InChI is InChI=1S/C14H15NO2S2/c1-2-18-8-10-5-3-4-6-12(10)14-15-11(9-19-14)7-13(16)17/h3-6,9H,2,7-8H2,1H3,(H,16,17). The van der Waals surface area contributed by atoms with Gasteiger partial charge in [0.2, 0.25) is 0 Å². The molecule has 2 rings (SSSR count). The lowest BCUT2D eigenvalue weighted by molar-refractivity contribution is -0.136. The van der Waals surface area contributed by atoms with Gasteiger partial charge in [-0.2, -0.15) is 11.8 Å². The van der Waals surface area contributed by atoms with Crippen LogP contribution in [0.25, 0.3) is 10.6 Å². The maximum atomic E-state index is 10.7. The molecule has 0 saturated heterocycles. The average Bonchev–Trinajstić information content (AvgIpc) is 2.84. The smallest absolute Gasteiger partial charge is 0.309 e. The Morgan fingerprint density at radius 1 is 1.42 bits per heavy atom. The van der Waals surface area contributed by atoms with Crippen LogP contribution in [0.2, 0.25) is 0 Å². The molecule has 0 fully saturated rings. The van der Waals surface area contributed by atoms with Crippen LogP contribution in [-0.4, -0.2) is 21.8 Å². The van der Waals surface area contributed by atoms with Crippen LogP contribution >= 0.6 is 23.1 Å². The highest BCUT2D eigenvalue weighted by molar-refractivity contribution is 7.98. The number of carboxylic acids is 1. The van der Waals surface area contributed by atoms with Crippen LogP contribution in [0.5, 0.6) is 0 Å². The van der Waals surface area contributed by atoms with Crippen molar-refractivity contribution in [1.29, 1.82) is 0 Å². The first-order valence-electron chi connectivity index (χ1n) is 6.03. The summed E-state index contributed by atoms with van der Waals surface area (Å²) in [4.78, 5) is 15.1. The Kier molecular flexibility index (Phi) is 4.99. The van der Waals surface area contributed by atoms with E-state index in [-0.39, 0.29) is 6.42 Å². The van der Waals surface area contributed by atoms with Gasteiger partial charge in [0, 0.05) is 16.7 Å². The van der Waals surface area contributed by atoms with Crippen LogP contribution in [-0.2, 0) is 17.0 Å². The first-order chi connectivity index (χ1) is 9.20. The molecule has 0 bridgehead atoms. The number of carbonyl (C=O) groups is 1. The number of nitrogens with zero attached hydrogens (tertiary/aromatic N) is 1. The molecule has 0 aliphatic heterocycles. The molecule has 0 saturated carbocycles. The maximum Gasteiger partial charge on any atom is 0.309 e. The number of thioether (sulfide) groups is 1. The molecule has 0 atom stereocenters. The number of rotatable bonds is 6. The summed E-state index contributed by atoms with van der Waals surface area (Å²) in [5.41, 5.74) is 3.00. The van der Waals surface area contributed by atoms with E-state index in [4.69, 9.17) is 5.11 Å². The van der Waals surface area contributed by atoms with E-state index in [9.17, 15) is 4.79 Å². The van der Waals surface area contributed by atoms with Gasteiger partial charge in [-0.3, -0.25) is 4.79 Å². The topological polar surface area (TPSA) is 50.2 Å². The molecule has 2 aromatic rings.